The van der Waals surface area contributed by atoms with Gasteiger partial charge in [-0.3, -0.25) is 4.99 Å². The van der Waals surface area contributed by atoms with Crippen molar-refractivity contribution in [2.24, 2.45) is 10.9 Å². The van der Waals surface area contributed by atoms with Crippen LogP contribution in [0.15, 0.2) is 28.9 Å². The second-order valence-corrected chi connectivity index (χ2v) is 4.14. The highest BCUT2D eigenvalue weighted by Gasteiger charge is 2.27. The minimum Gasteiger partial charge on any atom is -0.380 e. The summed E-state index contributed by atoms with van der Waals surface area (Å²) >= 11 is 5.82. The summed E-state index contributed by atoms with van der Waals surface area (Å²) in [6.45, 7) is 4.34. The molecule has 0 aliphatic carbocycles. The van der Waals surface area contributed by atoms with Gasteiger partial charge in [0.25, 0.3) is 0 Å². The third-order valence-corrected chi connectivity index (χ3v) is 2.61. The Balaban J connectivity index is 2.19. The Labute approximate surface area is 83.4 Å². The molecule has 2 rings (SSSR count). The van der Waals surface area contributed by atoms with Crippen molar-refractivity contribution < 1.29 is 0 Å². The van der Waals surface area contributed by atoms with Crippen LogP contribution in [-0.2, 0) is 0 Å². The van der Waals surface area contributed by atoms with E-state index in [1.807, 2.05) is 6.08 Å². The minimum atomic E-state index is 0.204. The Morgan fingerprint density at radius 3 is 3.00 bits per heavy atom. The van der Waals surface area contributed by atoms with Crippen molar-refractivity contribution in [3.8, 4) is 0 Å². The van der Waals surface area contributed by atoms with Gasteiger partial charge in [0.05, 0.1) is 12.1 Å². The van der Waals surface area contributed by atoms with Gasteiger partial charge >= 0.3 is 0 Å². The van der Waals surface area contributed by atoms with E-state index in [1.54, 1.807) is 0 Å². The highest BCUT2D eigenvalue weighted by atomic mass is 35.5. The van der Waals surface area contributed by atoms with Gasteiger partial charge in [0, 0.05) is 5.70 Å². The summed E-state index contributed by atoms with van der Waals surface area (Å²) in [6.07, 6.45) is 6.10. The summed E-state index contributed by atoms with van der Waals surface area (Å²) in [7, 11) is 0. The third kappa shape index (κ3) is 1.63. The SMILES string of the molecule is CC(C)C1=CC2N=C(Cl)C=CC2N1. The molecule has 2 aliphatic rings. The molecular weight excluding hydrogens is 184 g/mol. The van der Waals surface area contributed by atoms with E-state index < -0.39 is 0 Å². The van der Waals surface area contributed by atoms with Crippen LogP contribution in [0.4, 0.5) is 0 Å². The number of hydrogen-bond acceptors (Lipinski definition) is 2. The molecule has 0 saturated carbocycles. The van der Waals surface area contributed by atoms with E-state index in [2.05, 4.69) is 36.3 Å². The number of hydrogen-bond donors (Lipinski definition) is 1. The minimum absolute atomic E-state index is 0.204. The van der Waals surface area contributed by atoms with Crippen molar-refractivity contribution >= 4 is 16.8 Å². The maximum atomic E-state index is 5.82. The molecule has 2 aliphatic heterocycles. The number of dihydropyridines is 1. The van der Waals surface area contributed by atoms with E-state index in [0.29, 0.717) is 17.1 Å². The van der Waals surface area contributed by atoms with Crippen LogP contribution in [-0.4, -0.2) is 17.3 Å². The van der Waals surface area contributed by atoms with E-state index in [4.69, 9.17) is 11.6 Å². The van der Waals surface area contributed by atoms with Crippen LogP contribution in [0.2, 0.25) is 0 Å². The smallest absolute Gasteiger partial charge is 0.124 e. The van der Waals surface area contributed by atoms with Crippen LogP contribution in [0.25, 0.3) is 0 Å². The highest BCUT2D eigenvalue weighted by Crippen LogP contribution is 2.22. The highest BCUT2D eigenvalue weighted by molar-refractivity contribution is 6.68. The van der Waals surface area contributed by atoms with Crippen LogP contribution < -0.4 is 5.32 Å². The molecular formula is C10H13ClN2. The van der Waals surface area contributed by atoms with Crippen molar-refractivity contribution in [1.82, 2.24) is 5.32 Å². The maximum Gasteiger partial charge on any atom is 0.124 e. The quantitative estimate of drug-likeness (QED) is 0.683. The summed E-state index contributed by atoms with van der Waals surface area (Å²) in [4.78, 5) is 4.33. The molecule has 2 heterocycles. The first-order valence-corrected chi connectivity index (χ1v) is 4.94. The zero-order valence-corrected chi connectivity index (χ0v) is 8.55. The van der Waals surface area contributed by atoms with E-state index >= 15 is 0 Å². The molecule has 2 nitrogen and oxygen atoms in total. The number of halogens is 1. The Morgan fingerprint density at radius 1 is 1.54 bits per heavy atom. The molecule has 70 valence electrons. The van der Waals surface area contributed by atoms with Crippen LogP contribution in [0.3, 0.4) is 0 Å². The topological polar surface area (TPSA) is 24.4 Å². The molecule has 0 aromatic heterocycles. The average molecular weight is 197 g/mol. The van der Waals surface area contributed by atoms with E-state index in [1.165, 1.54) is 5.70 Å². The Morgan fingerprint density at radius 2 is 2.31 bits per heavy atom. The Bertz CT molecular complexity index is 302. The van der Waals surface area contributed by atoms with E-state index in [0.717, 1.165) is 0 Å². The molecule has 3 heteroatoms. The predicted molar refractivity (Wildman–Crippen MR) is 56.1 cm³/mol. The van der Waals surface area contributed by atoms with Crippen molar-refractivity contribution in [3.05, 3.63) is 23.9 Å². The molecule has 0 aromatic rings. The van der Waals surface area contributed by atoms with Gasteiger partial charge < -0.3 is 5.32 Å². The lowest BCUT2D eigenvalue weighted by molar-refractivity contribution is 0.611. The number of nitrogens with zero attached hydrogens (tertiary/aromatic N) is 1. The maximum absolute atomic E-state index is 5.82. The lowest BCUT2D eigenvalue weighted by atomic mass is 10.1. The number of aliphatic imine (C=N–C) groups is 1. The zero-order chi connectivity index (χ0) is 9.42. The monoisotopic (exact) mass is 196 g/mol. The van der Waals surface area contributed by atoms with Crippen LogP contribution >= 0.6 is 11.6 Å². The van der Waals surface area contributed by atoms with Gasteiger partial charge in [-0.15, -0.1) is 0 Å². The summed E-state index contributed by atoms with van der Waals surface area (Å²) in [5, 5.41) is 4.02. The first-order valence-electron chi connectivity index (χ1n) is 4.56. The lowest BCUT2D eigenvalue weighted by Crippen LogP contribution is -2.31. The molecule has 0 aromatic carbocycles. The molecule has 0 radical (unpaired) electrons. The number of allylic oxidation sites excluding steroid dienone is 2. The molecule has 0 saturated heterocycles. The summed E-state index contributed by atoms with van der Waals surface area (Å²) < 4.78 is 0. The molecule has 13 heavy (non-hydrogen) atoms. The van der Waals surface area contributed by atoms with Gasteiger partial charge in [0.2, 0.25) is 0 Å². The van der Waals surface area contributed by atoms with Crippen molar-refractivity contribution in [1.29, 1.82) is 0 Å². The van der Waals surface area contributed by atoms with Gasteiger partial charge in [-0.2, -0.15) is 0 Å². The van der Waals surface area contributed by atoms with Gasteiger partial charge in [-0.05, 0) is 18.1 Å². The second-order valence-electron chi connectivity index (χ2n) is 3.75. The predicted octanol–water partition coefficient (Wildman–Crippen LogP) is 2.07. The van der Waals surface area contributed by atoms with Crippen LogP contribution in [0.5, 0.6) is 0 Å². The number of rotatable bonds is 1. The summed E-state index contributed by atoms with van der Waals surface area (Å²) in [6, 6.07) is 0.523. The molecule has 0 fully saturated rings. The zero-order valence-electron chi connectivity index (χ0n) is 7.79. The Kier molecular flexibility index (Phi) is 2.16. The fraction of sp³-hybridized carbons (Fsp3) is 0.500. The molecule has 0 bridgehead atoms. The van der Waals surface area contributed by atoms with Crippen molar-refractivity contribution in [2.45, 2.75) is 25.9 Å². The van der Waals surface area contributed by atoms with E-state index in [-0.39, 0.29) is 6.04 Å². The molecule has 1 N–H and O–H groups in total. The normalized spacial score (nSPS) is 31.1. The standard InChI is InChI=1S/C10H13ClN2/c1-6(2)8-5-9-7(12-8)3-4-10(11)13-9/h3-7,9,12H,1-2H3. The average Bonchev–Trinajstić information content (AvgIpc) is 2.46. The molecule has 2 unspecified atom stereocenters. The molecule has 0 amide bonds. The third-order valence-electron chi connectivity index (χ3n) is 2.39. The first-order chi connectivity index (χ1) is 6.16. The van der Waals surface area contributed by atoms with E-state index in [9.17, 15) is 0 Å². The van der Waals surface area contributed by atoms with Crippen molar-refractivity contribution in [2.75, 3.05) is 0 Å². The first kappa shape index (κ1) is 8.82. The fourth-order valence-corrected chi connectivity index (χ4v) is 1.81. The van der Waals surface area contributed by atoms with Gasteiger partial charge in [0.15, 0.2) is 0 Å². The van der Waals surface area contributed by atoms with Crippen LogP contribution in [0.1, 0.15) is 13.8 Å². The summed E-state index contributed by atoms with van der Waals surface area (Å²) in [5.74, 6) is 0.535. The molecule has 2 atom stereocenters. The lowest BCUT2D eigenvalue weighted by Gasteiger charge is -2.17. The van der Waals surface area contributed by atoms with Gasteiger partial charge in [0.1, 0.15) is 5.17 Å². The summed E-state index contributed by atoms with van der Waals surface area (Å²) in [5.41, 5.74) is 1.27. The van der Waals surface area contributed by atoms with Crippen LogP contribution in [0, 0.1) is 5.92 Å². The van der Waals surface area contributed by atoms with Gasteiger partial charge in [-0.1, -0.05) is 31.5 Å². The molecule has 0 spiro atoms. The largest absolute Gasteiger partial charge is 0.380 e. The Hall–Kier alpha value is -0.760. The van der Waals surface area contributed by atoms with Gasteiger partial charge in [-0.25, -0.2) is 0 Å². The number of fused-ring (bicyclic) bond motifs is 1. The number of nitrogens with one attached hydrogen (secondary N) is 1. The second kappa shape index (κ2) is 3.18. The van der Waals surface area contributed by atoms with Crippen molar-refractivity contribution in [3.63, 3.8) is 0 Å². The fourth-order valence-electron chi connectivity index (χ4n) is 1.62.